The minimum atomic E-state index is -0.439. The van der Waals surface area contributed by atoms with Gasteiger partial charge in [0, 0.05) is 55.7 Å². The summed E-state index contributed by atoms with van der Waals surface area (Å²) in [6, 6.07) is 13.9. The van der Waals surface area contributed by atoms with Crippen LogP contribution in [0.2, 0.25) is 0 Å². The molecule has 0 radical (unpaired) electrons. The van der Waals surface area contributed by atoms with Crippen molar-refractivity contribution in [1.82, 2.24) is 9.80 Å². The lowest BCUT2D eigenvalue weighted by Crippen LogP contribution is -2.56. The number of hydrogen-bond acceptors (Lipinski definition) is 4. The number of carbonyl (C=O) groups excluding carboxylic acids is 1. The van der Waals surface area contributed by atoms with Crippen molar-refractivity contribution >= 4 is 17.8 Å². The van der Waals surface area contributed by atoms with Gasteiger partial charge in [-0.15, -0.1) is 0 Å². The van der Waals surface area contributed by atoms with Crippen LogP contribution < -0.4 is 4.90 Å². The number of fused-ring (bicyclic) bond motifs is 1. The monoisotopic (exact) mass is 448 g/mol. The van der Waals surface area contributed by atoms with Gasteiger partial charge in [0.2, 0.25) is 0 Å². The Morgan fingerprint density at radius 2 is 1.97 bits per heavy atom. The molecule has 2 aromatic rings. The molecule has 1 aliphatic carbocycles. The van der Waals surface area contributed by atoms with Crippen molar-refractivity contribution in [2.75, 3.05) is 31.2 Å². The van der Waals surface area contributed by atoms with Crippen LogP contribution in [0.15, 0.2) is 47.5 Å². The highest BCUT2D eigenvalue weighted by Crippen LogP contribution is 2.36. The van der Waals surface area contributed by atoms with Gasteiger partial charge in [-0.1, -0.05) is 37.1 Å². The second-order valence-electron chi connectivity index (χ2n) is 9.94. The quantitative estimate of drug-likeness (QED) is 0.651. The standard InChI is InChI=1S/C27H33FN4O/c1-19(2)32-12-11-30(17-23(32)13-20-7-8-20)27(33)24-14-21(9-10-25(24)28)16-31-18-29-15-22-5-3-4-6-26(22)31/h3-6,9-10,14-15,19-20,23H,7-8,11-13,16-18H2,1-2H3/t23-/m0/s1. The molecule has 2 aromatic carbocycles. The van der Waals surface area contributed by atoms with E-state index in [-0.39, 0.29) is 11.5 Å². The number of para-hydroxylation sites is 1. The zero-order valence-corrected chi connectivity index (χ0v) is 19.6. The van der Waals surface area contributed by atoms with Gasteiger partial charge in [-0.3, -0.25) is 14.7 Å². The van der Waals surface area contributed by atoms with Crippen LogP contribution in [0.4, 0.5) is 10.1 Å². The summed E-state index contributed by atoms with van der Waals surface area (Å²) in [6.07, 6.45) is 5.63. The van der Waals surface area contributed by atoms with Gasteiger partial charge < -0.3 is 9.80 Å². The molecule has 2 heterocycles. The molecular weight excluding hydrogens is 415 g/mol. The molecule has 3 aliphatic rings. The van der Waals surface area contributed by atoms with Gasteiger partial charge in [-0.2, -0.15) is 0 Å². The van der Waals surface area contributed by atoms with E-state index in [0.29, 0.717) is 38.4 Å². The van der Waals surface area contributed by atoms with Gasteiger partial charge in [-0.25, -0.2) is 4.39 Å². The van der Waals surface area contributed by atoms with Gasteiger partial charge in [0.15, 0.2) is 0 Å². The van der Waals surface area contributed by atoms with E-state index in [1.165, 1.54) is 18.9 Å². The lowest BCUT2D eigenvalue weighted by molar-refractivity contribution is 0.0339. The maximum atomic E-state index is 14.8. The van der Waals surface area contributed by atoms with Crippen molar-refractivity contribution in [3.05, 3.63) is 65.0 Å². The Hall–Kier alpha value is -2.73. The Morgan fingerprint density at radius 1 is 1.15 bits per heavy atom. The minimum Gasteiger partial charge on any atom is -0.347 e. The molecule has 174 valence electrons. The Labute approximate surface area is 195 Å². The third-order valence-corrected chi connectivity index (χ3v) is 7.18. The lowest BCUT2D eigenvalue weighted by atomic mass is 10.0. The lowest BCUT2D eigenvalue weighted by Gasteiger charge is -2.44. The van der Waals surface area contributed by atoms with Crippen molar-refractivity contribution in [1.29, 1.82) is 0 Å². The molecule has 2 fully saturated rings. The Morgan fingerprint density at radius 3 is 2.76 bits per heavy atom. The van der Waals surface area contributed by atoms with Crippen LogP contribution >= 0.6 is 0 Å². The number of hydrogen-bond donors (Lipinski definition) is 0. The van der Waals surface area contributed by atoms with Crippen molar-refractivity contribution in [3.63, 3.8) is 0 Å². The summed E-state index contributed by atoms with van der Waals surface area (Å²) in [5.74, 6) is 0.169. The van der Waals surface area contributed by atoms with E-state index in [1.807, 2.05) is 29.3 Å². The highest BCUT2D eigenvalue weighted by molar-refractivity contribution is 5.95. The topological polar surface area (TPSA) is 39.1 Å². The first kappa shape index (κ1) is 22.1. The second-order valence-corrected chi connectivity index (χ2v) is 9.94. The molecule has 0 unspecified atom stereocenters. The average molecular weight is 449 g/mol. The first-order valence-corrected chi connectivity index (χ1v) is 12.2. The predicted molar refractivity (Wildman–Crippen MR) is 130 cm³/mol. The maximum Gasteiger partial charge on any atom is 0.256 e. The number of benzene rings is 2. The number of aliphatic imine (C=N–C) groups is 1. The predicted octanol–water partition coefficient (Wildman–Crippen LogP) is 4.56. The largest absolute Gasteiger partial charge is 0.347 e. The Bertz CT molecular complexity index is 1050. The van der Waals surface area contributed by atoms with Gasteiger partial charge in [0.05, 0.1) is 5.56 Å². The summed E-state index contributed by atoms with van der Waals surface area (Å²) in [4.78, 5) is 24.4. The van der Waals surface area contributed by atoms with Gasteiger partial charge in [0.1, 0.15) is 12.5 Å². The number of nitrogens with zero attached hydrogens (tertiary/aromatic N) is 4. The minimum absolute atomic E-state index is 0.185. The van der Waals surface area contributed by atoms with E-state index >= 15 is 0 Å². The number of carbonyl (C=O) groups is 1. The molecule has 1 saturated carbocycles. The maximum absolute atomic E-state index is 14.8. The van der Waals surface area contributed by atoms with Crippen LogP contribution in [0.25, 0.3) is 0 Å². The summed E-state index contributed by atoms with van der Waals surface area (Å²) in [5.41, 5.74) is 3.29. The molecule has 0 aromatic heterocycles. The van der Waals surface area contributed by atoms with Gasteiger partial charge >= 0.3 is 0 Å². The number of piperazine rings is 1. The van der Waals surface area contributed by atoms with Crippen LogP contribution in [0, 0.1) is 11.7 Å². The number of rotatable bonds is 6. The smallest absolute Gasteiger partial charge is 0.256 e. The summed E-state index contributed by atoms with van der Waals surface area (Å²) in [6.45, 7) is 7.77. The first-order chi connectivity index (χ1) is 16.0. The van der Waals surface area contributed by atoms with Crippen LogP contribution in [0.3, 0.4) is 0 Å². The number of amides is 1. The van der Waals surface area contributed by atoms with Crippen LogP contribution in [0.1, 0.15) is 54.6 Å². The third-order valence-electron chi connectivity index (χ3n) is 7.18. The zero-order valence-electron chi connectivity index (χ0n) is 19.6. The summed E-state index contributed by atoms with van der Waals surface area (Å²) in [5, 5.41) is 0. The van der Waals surface area contributed by atoms with E-state index in [2.05, 4.69) is 34.7 Å². The molecule has 1 atom stereocenters. The second kappa shape index (κ2) is 9.26. The average Bonchev–Trinajstić information content (AvgIpc) is 3.64. The summed E-state index contributed by atoms with van der Waals surface area (Å²) < 4.78 is 14.8. The highest BCUT2D eigenvalue weighted by Gasteiger charge is 2.35. The molecule has 5 rings (SSSR count). The number of halogens is 1. The molecule has 0 N–H and O–H groups in total. The molecule has 0 spiro atoms. The van der Waals surface area contributed by atoms with Gasteiger partial charge in [-0.05, 0) is 49.9 Å². The van der Waals surface area contributed by atoms with Crippen molar-refractivity contribution in [2.45, 2.75) is 51.7 Å². The zero-order chi connectivity index (χ0) is 22.9. The van der Waals surface area contributed by atoms with E-state index in [1.54, 1.807) is 12.1 Å². The molecule has 0 bridgehead atoms. The van der Waals surface area contributed by atoms with Gasteiger partial charge in [0.25, 0.3) is 5.91 Å². The van der Waals surface area contributed by atoms with Crippen molar-refractivity contribution < 1.29 is 9.18 Å². The van der Waals surface area contributed by atoms with Crippen LogP contribution in [-0.4, -0.2) is 60.3 Å². The molecule has 2 aliphatic heterocycles. The molecule has 1 amide bonds. The molecule has 1 saturated heterocycles. The Balaban J connectivity index is 1.32. The van der Waals surface area contributed by atoms with Crippen LogP contribution in [0.5, 0.6) is 0 Å². The fraction of sp³-hybridized carbons (Fsp3) is 0.481. The molecule has 6 heteroatoms. The molecular formula is C27H33FN4O. The van der Waals surface area contributed by atoms with Crippen molar-refractivity contribution in [3.8, 4) is 0 Å². The summed E-state index contributed by atoms with van der Waals surface area (Å²) in [7, 11) is 0. The van der Waals surface area contributed by atoms with E-state index < -0.39 is 5.82 Å². The summed E-state index contributed by atoms with van der Waals surface area (Å²) >= 11 is 0. The van der Waals surface area contributed by atoms with Crippen LogP contribution in [-0.2, 0) is 6.54 Å². The Kier molecular flexibility index (Phi) is 6.19. The first-order valence-electron chi connectivity index (χ1n) is 12.2. The SMILES string of the molecule is CC(C)N1CCN(C(=O)c2cc(CN3CN=Cc4ccccc43)ccc2F)C[C@@H]1CC1CC1. The van der Waals surface area contributed by atoms with E-state index in [9.17, 15) is 9.18 Å². The fourth-order valence-corrected chi connectivity index (χ4v) is 5.24. The van der Waals surface area contributed by atoms with Crippen molar-refractivity contribution in [2.24, 2.45) is 10.9 Å². The highest BCUT2D eigenvalue weighted by atomic mass is 19.1. The molecule has 5 nitrogen and oxygen atoms in total. The normalized spacial score (nSPS) is 20.9. The van der Waals surface area contributed by atoms with E-state index in [4.69, 9.17) is 0 Å². The fourth-order valence-electron chi connectivity index (χ4n) is 5.24. The van der Waals surface area contributed by atoms with E-state index in [0.717, 1.165) is 35.7 Å². The third kappa shape index (κ3) is 4.81. The molecule has 33 heavy (non-hydrogen) atoms. The number of anilines is 1.